The first-order chi connectivity index (χ1) is 9.33. The highest BCUT2D eigenvalue weighted by molar-refractivity contribution is 5.27. The van der Waals surface area contributed by atoms with E-state index < -0.39 is 6.10 Å². The van der Waals surface area contributed by atoms with E-state index in [4.69, 9.17) is 4.74 Å². The number of rotatable bonds is 9. The quantitative estimate of drug-likeness (QED) is 0.299. The fourth-order valence-electron chi connectivity index (χ4n) is 1.74. The van der Waals surface area contributed by atoms with Crippen molar-refractivity contribution in [3.8, 4) is 23.7 Å². The fraction of sp³-hybridized carbons (Fsp3) is 0.647. The number of aliphatic hydroxyl groups excluding tert-OH is 1. The molecule has 0 aliphatic carbocycles. The summed E-state index contributed by atoms with van der Waals surface area (Å²) in [6.45, 7) is 4.54. The summed E-state index contributed by atoms with van der Waals surface area (Å²) in [6, 6.07) is 0. The van der Waals surface area contributed by atoms with E-state index in [9.17, 15) is 5.11 Å². The van der Waals surface area contributed by atoms with Crippen LogP contribution in [0.5, 0.6) is 0 Å². The zero-order valence-corrected chi connectivity index (χ0v) is 11.7. The summed E-state index contributed by atoms with van der Waals surface area (Å²) in [5, 5.41) is 9.63. The lowest BCUT2D eigenvalue weighted by Gasteiger charge is -2.02. The molecule has 2 heteroatoms. The molecule has 1 rings (SSSR count). The van der Waals surface area contributed by atoms with Gasteiger partial charge in [0.25, 0.3) is 0 Å². The number of epoxide rings is 1. The van der Waals surface area contributed by atoms with Gasteiger partial charge in [0.05, 0.1) is 12.7 Å². The minimum absolute atomic E-state index is 0.334. The standard InChI is InChI=1S/C17H24O2/c1-2-3-4-5-6-7-9-12-16(18)13-10-8-11-14-17-15-19-17/h2,16-18H,1,3-7,9,12,14-15H2. The van der Waals surface area contributed by atoms with Crippen LogP contribution in [0.3, 0.4) is 0 Å². The molecule has 19 heavy (non-hydrogen) atoms. The summed E-state index contributed by atoms with van der Waals surface area (Å²) in [4.78, 5) is 0. The molecule has 2 unspecified atom stereocenters. The molecule has 1 saturated heterocycles. The first-order valence-corrected chi connectivity index (χ1v) is 7.22. The first-order valence-electron chi connectivity index (χ1n) is 7.22. The molecule has 104 valence electrons. The Kier molecular flexibility index (Phi) is 8.90. The van der Waals surface area contributed by atoms with E-state index in [1.54, 1.807) is 0 Å². The van der Waals surface area contributed by atoms with Gasteiger partial charge in [0.15, 0.2) is 0 Å². The summed E-state index contributed by atoms with van der Waals surface area (Å²) in [5.41, 5.74) is 0. The van der Waals surface area contributed by atoms with Gasteiger partial charge >= 0.3 is 0 Å². The molecule has 2 atom stereocenters. The largest absolute Gasteiger partial charge is 0.380 e. The maximum Gasteiger partial charge on any atom is 0.115 e. The summed E-state index contributed by atoms with van der Waals surface area (Å²) in [6.07, 6.45) is 10.3. The van der Waals surface area contributed by atoms with Crippen LogP contribution >= 0.6 is 0 Å². The van der Waals surface area contributed by atoms with Crippen LogP contribution in [0.25, 0.3) is 0 Å². The molecule has 1 heterocycles. The zero-order chi connectivity index (χ0) is 13.8. The van der Waals surface area contributed by atoms with E-state index in [1.807, 2.05) is 6.08 Å². The van der Waals surface area contributed by atoms with Gasteiger partial charge in [0.2, 0.25) is 0 Å². The van der Waals surface area contributed by atoms with Gasteiger partial charge in [-0.2, -0.15) is 0 Å². The third-order valence-electron chi connectivity index (χ3n) is 3.01. The van der Waals surface area contributed by atoms with Gasteiger partial charge in [0, 0.05) is 6.42 Å². The Morgan fingerprint density at radius 1 is 1.21 bits per heavy atom. The maximum atomic E-state index is 9.63. The minimum Gasteiger partial charge on any atom is -0.380 e. The molecule has 0 aromatic rings. The SMILES string of the molecule is C=CCCCCCCCC(O)C#CC#CCC1CO1. The number of ether oxygens (including phenoxy) is 1. The van der Waals surface area contributed by atoms with Crippen LogP contribution in [0.15, 0.2) is 12.7 Å². The maximum absolute atomic E-state index is 9.63. The Bertz CT molecular complexity index is 360. The second-order valence-corrected chi connectivity index (χ2v) is 4.88. The van der Waals surface area contributed by atoms with Gasteiger partial charge in [0.1, 0.15) is 6.10 Å². The molecule has 0 aromatic heterocycles. The Morgan fingerprint density at radius 3 is 2.68 bits per heavy atom. The van der Waals surface area contributed by atoms with Crippen molar-refractivity contribution in [1.82, 2.24) is 0 Å². The van der Waals surface area contributed by atoms with Gasteiger partial charge in [-0.1, -0.05) is 37.2 Å². The van der Waals surface area contributed by atoms with Crippen molar-refractivity contribution in [3.63, 3.8) is 0 Å². The summed E-state index contributed by atoms with van der Waals surface area (Å²) in [7, 11) is 0. The van der Waals surface area contributed by atoms with Gasteiger partial charge in [-0.15, -0.1) is 6.58 Å². The third kappa shape index (κ3) is 10.4. The molecule has 2 nitrogen and oxygen atoms in total. The van der Waals surface area contributed by atoms with Crippen LogP contribution < -0.4 is 0 Å². The molecule has 1 aliphatic rings. The molecular formula is C17H24O2. The van der Waals surface area contributed by atoms with Gasteiger partial charge in [-0.3, -0.25) is 0 Å². The highest BCUT2D eigenvalue weighted by Crippen LogP contribution is 2.11. The van der Waals surface area contributed by atoms with E-state index >= 15 is 0 Å². The molecule has 1 fully saturated rings. The molecule has 1 N–H and O–H groups in total. The van der Waals surface area contributed by atoms with Crippen LogP contribution in [-0.4, -0.2) is 23.9 Å². The zero-order valence-electron chi connectivity index (χ0n) is 11.7. The smallest absolute Gasteiger partial charge is 0.115 e. The Morgan fingerprint density at radius 2 is 1.95 bits per heavy atom. The Hall–Kier alpha value is -1.22. The van der Waals surface area contributed by atoms with Gasteiger partial charge in [-0.25, -0.2) is 0 Å². The molecule has 0 spiro atoms. The number of hydrogen-bond donors (Lipinski definition) is 1. The Labute approximate surface area is 117 Å². The van der Waals surface area contributed by atoms with E-state index in [2.05, 4.69) is 30.3 Å². The van der Waals surface area contributed by atoms with Crippen LogP contribution in [0.2, 0.25) is 0 Å². The second-order valence-electron chi connectivity index (χ2n) is 4.88. The summed E-state index contributed by atoms with van der Waals surface area (Å²) in [5.74, 6) is 11.2. The van der Waals surface area contributed by atoms with E-state index in [0.29, 0.717) is 6.10 Å². The number of hydrogen-bond acceptors (Lipinski definition) is 2. The van der Waals surface area contributed by atoms with E-state index in [-0.39, 0.29) is 0 Å². The molecule has 0 saturated carbocycles. The minimum atomic E-state index is -0.528. The molecule has 0 amide bonds. The highest BCUT2D eigenvalue weighted by Gasteiger charge is 2.20. The Balaban J connectivity index is 1.94. The molecule has 0 bridgehead atoms. The van der Waals surface area contributed by atoms with Crippen molar-refractivity contribution in [2.24, 2.45) is 0 Å². The van der Waals surface area contributed by atoms with Crippen LogP contribution in [0.4, 0.5) is 0 Å². The van der Waals surface area contributed by atoms with Crippen LogP contribution in [0.1, 0.15) is 51.4 Å². The van der Waals surface area contributed by atoms with Crippen molar-refractivity contribution in [2.45, 2.75) is 63.6 Å². The number of allylic oxidation sites excluding steroid dienone is 1. The van der Waals surface area contributed by atoms with Gasteiger partial charge < -0.3 is 9.84 Å². The van der Waals surface area contributed by atoms with Crippen molar-refractivity contribution in [1.29, 1.82) is 0 Å². The molecule has 0 radical (unpaired) electrons. The van der Waals surface area contributed by atoms with Gasteiger partial charge in [-0.05, 0) is 37.5 Å². The topological polar surface area (TPSA) is 32.8 Å². The van der Waals surface area contributed by atoms with Crippen molar-refractivity contribution < 1.29 is 9.84 Å². The first kappa shape index (κ1) is 15.8. The van der Waals surface area contributed by atoms with Crippen molar-refractivity contribution in [3.05, 3.63) is 12.7 Å². The average Bonchev–Trinajstić information content (AvgIpc) is 3.21. The summed E-state index contributed by atoms with van der Waals surface area (Å²) >= 11 is 0. The molecule has 1 aliphatic heterocycles. The third-order valence-corrected chi connectivity index (χ3v) is 3.01. The number of aliphatic hydroxyl groups is 1. The predicted octanol–water partition coefficient (Wildman–Crippen LogP) is 3.06. The average molecular weight is 260 g/mol. The lowest BCUT2D eigenvalue weighted by Crippen LogP contribution is -2.01. The second kappa shape index (κ2) is 10.7. The molecular weight excluding hydrogens is 236 g/mol. The lowest BCUT2D eigenvalue weighted by molar-refractivity contribution is 0.217. The predicted molar refractivity (Wildman–Crippen MR) is 78.4 cm³/mol. The number of unbranched alkanes of at least 4 members (excludes halogenated alkanes) is 5. The van der Waals surface area contributed by atoms with Crippen molar-refractivity contribution >= 4 is 0 Å². The normalized spacial score (nSPS) is 17.6. The van der Waals surface area contributed by atoms with Crippen LogP contribution in [0, 0.1) is 23.7 Å². The van der Waals surface area contributed by atoms with Crippen molar-refractivity contribution in [2.75, 3.05) is 6.61 Å². The fourth-order valence-corrected chi connectivity index (χ4v) is 1.74. The van der Waals surface area contributed by atoms with Crippen LogP contribution in [-0.2, 0) is 4.74 Å². The summed E-state index contributed by atoms with van der Waals surface area (Å²) < 4.78 is 5.03. The van der Waals surface area contributed by atoms with E-state index in [1.165, 1.54) is 25.7 Å². The monoisotopic (exact) mass is 260 g/mol. The highest BCUT2D eigenvalue weighted by atomic mass is 16.6. The lowest BCUT2D eigenvalue weighted by atomic mass is 10.1. The van der Waals surface area contributed by atoms with E-state index in [0.717, 1.165) is 32.3 Å². The molecule has 0 aromatic carbocycles.